The Hall–Kier alpha value is -2.96. The Morgan fingerprint density at radius 1 is 0.967 bits per heavy atom. The molecule has 5 nitrogen and oxygen atoms in total. The third kappa shape index (κ3) is 4.30. The van der Waals surface area contributed by atoms with E-state index >= 15 is 0 Å². The van der Waals surface area contributed by atoms with Crippen molar-refractivity contribution in [1.29, 1.82) is 0 Å². The number of hydrogen-bond donors (Lipinski definition) is 0. The second-order valence-corrected chi connectivity index (χ2v) is 9.00. The molecule has 0 N–H and O–H groups in total. The zero-order chi connectivity index (χ0) is 21.1. The highest BCUT2D eigenvalue weighted by molar-refractivity contribution is 7.90. The summed E-state index contributed by atoms with van der Waals surface area (Å²) in [5.74, 6) is 0.328. The summed E-state index contributed by atoms with van der Waals surface area (Å²) >= 11 is 5.86. The van der Waals surface area contributed by atoms with Crippen LogP contribution >= 0.6 is 11.6 Å². The second kappa shape index (κ2) is 8.42. The van der Waals surface area contributed by atoms with Crippen LogP contribution in [0.3, 0.4) is 0 Å². The molecule has 1 aliphatic rings. The van der Waals surface area contributed by atoms with Gasteiger partial charge in [0, 0.05) is 10.9 Å². The SMILES string of the molecule is CC(=NS(=O)(=O)c1ccc(Cl)cc1)N1CC(c2ccccc2)C(c2ccccc2)=N1. The van der Waals surface area contributed by atoms with Crippen molar-refractivity contribution in [3.8, 4) is 0 Å². The van der Waals surface area contributed by atoms with Crippen LogP contribution in [-0.4, -0.2) is 31.5 Å². The van der Waals surface area contributed by atoms with Crippen molar-refractivity contribution in [2.45, 2.75) is 17.7 Å². The van der Waals surface area contributed by atoms with Crippen molar-refractivity contribution in [2.75, 3.05) is 6.54 Å². The van der Waals surface area contributed by atoms with E-state index in [0.717, 1.165) is 16.8 Å². The maximum Gasteiger partial charge on any atom is 0.283 e. The first-order valence-corrected chi connectivity index (χ1v) is 11.3. The molecular formula is C23H20ClN3O2S. The fourth-order valence-electron chi connectivity index (χ4n) is 3.40. The molecule has 0 radical (unpaired) electrons. The molecule has 0 bridgehead atoms. The number of benzene rings is 3. The molecule has 3 aromatic rings. The predicted octanol–water partition coefficient (Wildman–Crippen LogP) is 4.95. The molecule has 3 aromatic carbocycles. The Labute approximate surface area is 181 Å². The van der Waals surface area contributed by atoms with Gasteiger partial charge in [-0.3, -0.25) is 0 Å². The summed E-state index contributed by atoms with van der Waals surface area (Å²) in [4.78, 5) is 0.0947. The summed E-state index contributed by atoms with van der Waals surface area (Å²) in [6.45, 7) is 2.17. The molecule has 1 aliphatic heterocycles. The van der Waals surface area contributed by atoms with Crippen LogP contribution < -0.4 is 0 Å². The number of nitrogens with zero attached hydrogens (tertiary/aromatic N) is 3. The van der Waals surface area contributed by atoms with Gasteiger partial charge in [-0.1, -0.05) is 72.3 Å². The van der Waals surface area contributed by atoms with E-state index in [-0.39, 0.29) is 10.8 Å². The zero-order valence-corrected chi connectivity index (χ0v) is 17.9. The molecule has 4 rings (SSSR count). The number of sulfonamides is 1. The van der Waals surface area contributed by atoms with Gasteiger partial charge in [0.1, 0.15) is 5.84 Å². The highest BCUT2D eigenvalue weighted by Gasteiger charge is 2.31. The van der Waals surface area contributed by atoms with Crippen LogP contribution in [0.2, 0.25) is 5.02 Å². The van der Waals surface area contributed by atoms with Gasteiger partial charge in [-0.2, -0.15) is 13.5 Å². The molecule has 7 heteroatoms. The zero-order valence-electron chi connectivity index (χ0n) is 16.3. The molecule has 1 unspecified atom stereocenters. The Balaban J connectivity index is 1.69. The summed E-state index contributed by atoms with van der Waals surface area (Å²) in [7, 11) is -3.86. The normalized spacial score (nSPS) is 17.1. The fourth-order valence-corrected chi connectivity index (χ4v) is 4.55. The highest BCUT2D eigenvalue weighted by atomic mass is 35.5. The lowest BCUT2D eigenvalue weighted by Crippen LogP contribution is -2.24. The molecule has 0 fully saturated rings. The van der Waals surface area contributed by atoms with Crippen LogP contribution in [-0.2, 0) is 10.0 Å². The van der Waals surface area contributed by atoms with Crippen molar-refractivity contribution < 1.29 is 8.42 Å². The summed E-state index contributed by atoms with van der Waals surface area (Å²) < 4.78 is 29.4. The lowest BCUT2D eigenvalue weighted by Gasteiger charge is -2.16. The standard InChI is InChI=1S/C23H20ClN3O2S/c1-17(26-30(28,29)21-14-12-20(24)13-15-21)27-16-22(18-8-4-2-5-9-18)23(25-27)19-10-6-3-7-11-19/h2-15,22H,16H2,1H3. The van der Waals surface area contributed by atoms with Crippen LogP contribution in [0.1, 0.15) is 24.0 Å². The van der Waals surface area contributed by atoms with Gasteiger partial charge in [-0.05, 0) is 42.3 Å². The minimum absolute atomic E-state index is 0.0111. The molecule has 1 heterocycles. The van der Waals surface area contributed by atoms with Gasteiger partial charge >= 0.3 is 0 Å². The van der Waals surface area contributed by atoms with Crippen LogP contribution in [0.25, 0.3) is 0 Å². The summed E-state index contributed by atoms with van der Waals surface area (Å²) in [5.41, 5.74) is 3.01. The van der Waals surface area contributed by atoms with E-state index in [1.807, 2.05) is 48.5 Å². The minimum atomic E-state index is -3.86. The molecule has 30 heavy (non-hydrogen) atoms. The Bertz CT molecular complexity index is 1190. The molecule has 0 aliphatic carbocycles. The van der Waals surface area contributed by atoms with Gasteiger partial charge in [0.25, 0.3) is 10.0 Å². The monoisotopic (exact) mass is 437 g/mol. The van der Waals surface area contributed by atoms with Gasteiger partial charge in [-0.25, -0.2) is 5.01 Å². The fraction of sp³-hybridized carbons (Fsp3) is 0.130. The van der Waals surface area contributed by atoms with Crippen molar-refractivity contribution in [3.63, 3.8) is 0 Å². The first-order chi connectivity index (χ1) is 14.4. The number of hydrazone groups is 1. The van der Waals surface area contributed by atoms with Crippen molar-refractivity contribution in [1.82, 2.24) is 5.01 Å². The topological polar surface area (TPSA) is 62.1 Å². The van der Waals surface area contributed by atoms with E-state index in [2.05, 4.69) is 16.5 Å². The number of halogens is 1. The van der Waals surface area contributed by atoms with Crippen LogP contribution in [0.15, 0.2) is 99.3 Å². The lowest BCUT2D eigenvalue weighted by atomic mass is 9.91. The van der Waals surface area contributed by atoms with Crippen molar-refractivity contribution >= 4 is 33.2 Å². The number of amidine groups is 1. The maximum absolute atomic E-state index is 12.7. The minimum Gasteiger partial charge on any atom is -0.250 e. The predicted molar refractivity (Wildman–Crippen MR) is 121 cm³/mol. The lowest BCUT2D eigenvalue weighted by molar-refractivity contribution is 0.472. The van der Waals surface area contributed by atoms with Crippen LogP contribution in [0, 0.1) is 0 Å². The summed E-state index contributed by atoms with van der Waals surface area (Å²) in [5, 5.41) is 6.87. The average molecular weight is 438 g/mol. The molecule has 0 amide bonds. The highest BCUT2D eigenvalue weighted by Crippen LogP contribution is 2.29. The molecule has 0 saturated carbocycles. The summed E-state index contributed by atoms with van der Waals surface area (Å²) in [6.07, 6.45) is 0. The van der Waals surface area contributed by atoms with Gasteiger partial charge in [-0.15, -0.1) is 4.40 Å². The van der Waals surface area contributed by atoms with E-state index in [9.17, 15) is 8.42 Å². The number of rotatable bonds is 4. The van der Waals surface area contributed by atoms with Gasteiger partial charge < -0.3 is 0 Å². The van der Waals surface area contributed by atoms with E-state index in [0.29, 0.717) is 17.4 Å². The molecule has 0 spiro atoms. The van der Waals surface area contributed by atoms with E-state index in [1.165, 1.54) is 24.3 Å². The molecule has 0 aromatic heterocycles. The van der Waals surface area contributed by atoms with Gasteiger partial charge in [0.2, 0.25) is 0 Å². The molecule has 1 atom stereocenters. The smallest absolute Gasteiger partial charge is 0.250 e. The number of hydrogen-bond acceptors (Lipinski definition) is 3. The first kappa shape index (κ1) is 20.3. The van der Waals surface area contributed by atoms with Crippen molar-refractivity contribution in [2.24, 2.45) is 9.50 Å². The third-order valence-electron chi connectivity index (χ3n) is 4.92. The molecule has 152 valence electrons. The van der Waals surface area contributed by atoms with Crippen LogP contribution in [0.4, 0.5) is 0 Å². The Morgan fingerprint density at radius 2 is 1.57 bits per heavy atom. The molecular weight excluding hydrogens is 418 g/mol. The van der Waals surface area contributed by atoms with E-state index in [1.54, 1.807) is 11.9 Å². The Kier molecular flexibility index (Phi) is 5.70. The van der Waals surface area contributed by atoms with Crippen LogP contribution in [0.5, 0.6) is 0 Å². The largest absolute Gasteiger partial charge is 0.283 e. The average Bonchev–Trinajstić information content (AvgIpc) is 3.21. The van der Waals surface area contributed by atoms with E-state index < -0.39 is 10.0 Å². The quantitative estimate of drug-likeness (QED) is 0.428. The van der Waals surface area contributed by atoms with E-state index in [4.69, 9.17) is 16.7 Å². The first-order valence-electron chi connectivity index (χ1n) is 9.47. The maximum atomic E-state index is 12.7. The second-order valence-electron chi connectivity index (χ2n) is 6.96. The summed E-state index contributed by atoms with van der Waals surface area (Å²) in [6, 6.07) is 26.0. The van der Waals surface area contributed by atoms with Gasteiger partial charge in [0.05, 0.1) is 17.2 Å². The third-order valence-corrected chi connectivity index (χ3v) is 6.55. The molecule has 0 saturated heterocycles. The Morgan fingerprint density at radius 3 is 2.20 bits per heavy atom. The van der Waals surface area contributed by atoms with Crippen molar-refractivity contribution in [3.05, 3.63) is 101 Å². The van der Waals surface area contributed by atoms with Gasteiger partial charge in [0.15, 0.2) is 0 Å².